The SMILES string of the molecule is CN(C)c1ccc(C(CNC(=O)c2ccccc2Cl)N2CCN(c3ccccc3)CC2)cc1. The summed E-state index contributed by atoms with van der Waals surface area (Å²) in [5, 5.41) is 3.60. The van der Waals surface area contributed by atoms with E-state index in [2.05, 4.69) is 74.6 Å². The predicted octanol–water partition coefficient (Wildman–Crippen LogP) is 4.70. The van der Waals surface area contributed by atoms with E-state index in [-0.39, 0.29) is 11.9 Å². The molecule has 0 saturated carbocycles. The standard InChI is InChI=1S/C27H31ClN4O/c1-30(2)22-14-12-21(13-15-22)26(20-29-27(33)24-10-6-7-11-25(24)28)32-18-16-31(17-19-32)23-8-4-3-5-9-23/h3-15,26H,16-20H2,1-2H3,(H,29,33). The van der Waals surface area contributed by atoms with Gasteiger partial charge in [-0.3, -0.25) is 9.69 Å². The molecule has 33 heavy (non-hydrogen) atoms. The fourth-order valence-electron chi connectivity index (χ4n) is 4.31. The fraction of sp³-hybridized carbons (Fsp3) is 0.296. The summed E-state index contributed by atoms with van der Waals surface area (Å²) >= 11 is 6.24. The molecule has 3 aromatic carbocycles. The van der Waals surface area contributed by atoms with Crippen LogP contribution in [0.5, 0.6) is 0 Å². The maximum Gasteiger partial charge on any atom is 0.252 e. The third kappa shape index (κ3) is 5.67. The Hall–Kier alpha value is -3.02. The first kappa shape index (κ1) is 23.1. The first-order valence-corrected chi connectivity index (χ1v) is 11.7. The molecule has 0 radical (unpaired) electrons. The van der Waals surface area contributed by atoms with Gasteiger partial charge in [-0.05, 0) is 42.0 Å². The number of anilines is 2. The van der Waals surface area contributed by atoms with Crippen LogP contribution in [0.4, 0.5) is 11.4 Å². The summed E-state index contributed by atoms with van der Waals surface area (Å²) in [4.78, 5) is 19.8. The van der Waals surface area contributed by atoms with Crippen LogP contribution < -0.4 is 15.1 Å². The van der Waals surface area contributed by atoms with E-state index >= 15 is 0 Å². The summed E-state index contributed by atoms with van der Waals surface area (Å²) in [6, 6.07) is 26.4. The Morgan fingerprint density at radius 1 is 0.909 bits per heavy atom. The molecule has 1 atom stereocenters. The normalized spacial score (nSPS) is 15.2. The van der Waals surface area contributed by atoms with Crippen molar-refractivity contribution in [2.24, 2.45) is 0 Å². The third-order valence-corrected chi connectivity index (χ3v) is 6.57. The van der Waals surface area contributed by atoms with Gasteiger partial charge in [-0.25, -0.2) is 0 Å². The molecule has 1 N–H and O–H groups in total. The minimum atomic E-state index is -0.140. The summed E-state index contributed by atoms with van der Waals surface area (Å²) in [7, 11) is 4.08. The van der Waals surface area contributed by atoms with E-state index in [4.69, 9.17) is 11.6 Å². The Balaban J connectivity index is 1.49. The average molecular weight is 463 g/mol. The summed E-state index contributed by atoms with van der Waals surface area (Å²) in [6.07, 6.45) is 0. The highest BCUT2D eigenvalue weighted by Gasteiger charge is 2.26. The van der Waals surface area contributed by atoms with E-state index in [9.17, 15) is 4.79 Å². The fourth-order valence-corrected chi connectivity index (χ4v) is 4.53. The van der Waals surface area contributed by atoms with Crippen molar-refractivity contribution in [2.75, 3.05) is 56.6 Å². The Labute approximate surface area is 201 Å². The van der Waals surface area contributed by atoms with Crippen molar-refractivity contribution >= 4 is 28.9 Å². The summed E-state index contributed by atoms with van der Waals surface area (Å²) in [5.41, 5.74) is 4.13. The largest absolute Gasteiger partial charge is 0.378 e. The molecule has 1 heterocycles. The zero-order valence-electron chi connectivity index (χ0n) is 19.2. The van der Waals surface area contributed by atoms with E-state index in [0.717, 1.165) is 31.9 Å². The van der Waals surface area contributed by atoms with Gasteiger partial charge >= 0.3 is 0 Å². The number of rotatable bonds is 7. The molecule has 1 amide bonds. The number of para-hydroxylation sites is 1. The van der Waals surface area contributed by atoms with Gasteiger partial charge in [-0.15, -0.1) is 0 Å². The van der Waals surface area contributed by atoms with Gasteiger partial charge in [0, 0.05) is 58.2 Å². The number of amides is 1. The van der Waals surface area contributed by atoms with Gasteiger partial charge in [0.25, 0.3) is 5.91 Å². The summed E-state index contributed by atoms with van der Waals surface area (Å²) in [5.74, 6) is -0.140. The Kier molecular flexibility index (Phi) is 7.53. The van der Waals surface area contributed by atoms with Crippen LogP contribution in [0.3, 0.4) is 0 Å². The van der Waals surface area contributed by atoms with Crippen LogP contribution in [0.2, 0.25) is 5.02 Å². The second-order valence-corrected chi connectivity index (χ2v) is 8.96. The molecule has 3 aromatic rings. The quantitative estimate of drug-likeness (QED) is 0.552. The second-order valence-electron chi connectivity index (χ2n) is 8.55. The van der Waals surface area contributed by atoms with Crippen LogP contribution in [0.25, 0.3) is 0 Å². The van der Waals surface area contributed by atoms with Crippen LogP contribution in [0.1, 0.15) is 22.0 Å². The number of halogens is 1. The van der Waals surface area contributed by atoms with E-state index < -0.39 is 0 Å². The summed E-state index contributed by atoms with van der Waals surface area (Å²) < 4.78 is 0. The lowest BCUT2D eigenvalue weighted by Crippen LogP contribution is -2.50. The molecule has 1 aliphatic rings. The molecule has 4 rings (SSSR count). The van der Waals surface area contributed by atoms with Crippen LogP contribution in [-0.2, 0) is 0 Å². The van der Waals surface area contributed by atoms with Crippen LogP contribution in [0, 0.1) is 0 Å². The van der Waals surface area contributed by atoms with Gasteiger partial charge in [0.05, 0.1) is 16.6 Å². The minimum Gasteiger partial charge on any atom is -0.378 e. The van der Waals surface area contributed by atoms with Gasteiger partial charge in [0.15, 0.2) is 0 Å². The number of hydrogen-bond acceptors (Lipinski definition) is 4. The number of nitrogens with one attached hydrogen (secondary N) is 1. The zero-order valence-corrected chi connectivity index (χ0v) is 20.0. The van der Waals surface area contributed by atoms with E-state index in [1.54, 1.807) is 12.1 Å². The van der Waals surface area contributed by atoms with Crippen LogP contribution in [0.15, 0.2) is 78.9 Å². The highest BCUT2D eigenvalue weighted by Crippen LogP contribution is 2.26. The molecular formula is C27H31ClN4O. The molecule has 172 valence electrons. The molecule has 0 aliphatic carbocycles. The number of benzene rings is 3. The van der Waals surface area contributed by atoms with E-state index in [0.29, 0.717) is 17.1 Å². The molecule has 1 unspecified atom stereocenters. The lowest BCUT2D eigenvalue weighted by molar-refractivity contribution is 0.0930. The highest BCUT2D eigenvalue weighted by atomic mass is 35.5. The molecule has 0 spiro atoms. The molecule has 1 fully saturated rings. The van der Waals surface area contributed by atoms with Crippen molar-refractivity contribution in [3.05, 3.63) is 95.0 Å². The molecule has 6 heteroatoms. The van der Waals surface area contributed by atoms with Crippen LogP contribution >= 0.6 is 11.6 Å². The number of piperazine rings is 1. The van der Waals surface area contributed by atoms with Gasteiger partial charge in [-0.2, -0.15) is 0 Å². The molecule has 0 bridgehead atoms. The molecular weight excluding hydrogens is 432 g/mol. The monoisotopic (exact) mass is 462 g/mol. The predicted molar refractivity (Wildman–Crippen MR) is 138 cm³/mol. The molecule has 1 aliphatic heterocycles. The number of hydrogen-bond donors (Lipinski definition) is 1. The molecule has 1 saturated heterocycles. The second kappa shape index (κ2) is 10.7. The lowest BCUT2D eigenvalue weighted by atomic mass is 10.0. The maximum absolute atomic E-state index is 12.8. The first-order valence-electron chi connectivity index (χ1n) is 11.4. The number of nitrogens with zero attached hydrogens (tertiary/aromatic N) is 3. The van der Waals surface area contributed by atoms with Crippen LogP contribution in [-0.4, -0.2) is 57.6 Å². The van der Waals surface area contributed by atoms with Gasteiger partial charge < -0.3 is 15.1 Å². The third-order valence-electron chi connectivity index (χ3n) is 6.25. The molecule has 0 aromatic heterocycles. The lowest BCUT2D eigenvalue weighted by Gasteiger charge is -2.40. The molecule has 5 nitrogen and oxygen atoms in total. The van der Waals surface area contributed by atoms with Gasteiger partial charge in [0.2, 0.25) is 0 Å². The van der Waals surface area contributed by atoms with Crippen molar-refractivity contribution in [3.8, 4) is 0 Å². The van der Waals surface area contributed by atoms with Gasteiger partial charge in [-0.1, -0.05) is 54.1 Å². The van der Waals surface area contributed by atoms with E-state index in [1.807, 2.05) is 26.2 Å². The van der Waals surface area contributed by atoms with Crippen molar-refractivity contribution in [2.45, 2.75) is 6.04 Å². The first-order chi connectivity index (χ1) is 16.0. The zero-order chi connectivity index (χ0) is 23.2. The number of carbonyl (C=O) groups excluding carboxylic acids is 1. The smallest absolute Gasteiger partial charge is 0.252 e. The maximum atomic E-state index is 12.8. The number of carbonyl (C=O) groups is 1. The topological polar surface area (TPSA) is 38.8 Å². The Morgan fingerprint density at radius 3 is 2.18 bits per heavy atom. The average Bonchev–Trinajstić information content (AvgIpc) is 2.85. The van der Waals surface area contributed by atoms with Gasteiger partial charge in [0.1, 0.15) is 0 Å². The minimum absolute atomic E-state index is 0.0885. The van der Waals surface area contributed by atoms with Crippen molar-refractivity contribution in [1.82, 2.24) is 10.2 Å². The van der Waals surface area contributed by atoms with Crippen molar-refractivity contribution in [1.29, 1.82) is 0 Å². The Morgan fingerprint density at radius 2 is 1.55 bits per heavy atom. The Bertz CT molecular complexity index is 1050. The summed E-state index contributed by atoms with van der Waals surface area (Å²) in [6.45, 7) is 4.29. The van der Waals surface area contributed by atoms with Crippen molar-refractivity contribution < 1.29 is 4.79 Å². The van der Waals surface area contributed by atoms with Crippen molar-refractivity contribution in [3.63, 3.8) is 0 Å². The van der Waals surface area contributed by atoms with E-state index in [1.165, 1.54) is 11.3 Å². The highest BCUT2D eigenvalue weighted by molar-refractivity contribution is 6.33.